The molecule has 5 bridgehead atoms. The number of benzene rings is 2. The molecule has 2 aromatic carbocycles. The number of methoxy groups -OCH3 is 1. The van der Waals surface area contributed by atoms with Gasteiger partial charge in [0.1, 0.15) is 28.3 Å². The SMILES string of the molecule is CC[C@@H](CO)NCCN[C@@H](CC)CO.CCc1cc(C(N)=S)ccn1.CO[C@H]1/C=C/O[C@@]2(C)Oc3c(C)c(O)c4c(O)c(c(/C=N\N5CCN(C)CC5)c(O)c4c3C2=O)NC(=O)/C(C)=C\C=C\[C@H](C)[C@H](O)[C@@H](C)[C@@H](O)[C@@H](C)[C@H](OC(C)=O)[C@@H]1C. The molecule has 3 aromatic rings. The second-order valence-electron chi connectivity index (χ2n) is 21.9. The number of phenols is 3. The molecular weight excluding hydrogens is 1100 g/mol. The average Bonchev–Trinajstić information content (AvgIpc) is 1.48. The molecule has 1 saturated heterocycles. The van der Waals surface area contributed by atoms with Crippen molar-refractivity contribution in [2.45, 2.75) is 138 Å². The van der Waals surface area contributed by atoms with Crippen molar-refractivity contribution in [1.82, 2.24) is 25.5 Å². The predicted molar refractivity (Wildman–Crippen MR) is 328 cm³/mol. The summed E-state index contributed by atoms with van der Waals surface area (Å²) in [5, 5.41) is 91.1. The number of aromatic hydroxyl groups is 3. The van der Waals surface area contributed by atoms with Crippen molar-refractivity contribution in [3.63, 3.8) is 0 Å². The summed E-state index contributed by atoms with van der Waals surface area (Å²) in [5.41, 5.74) is 7.01. The van der Waals surface area contributed by atoms with Gasteiger partial charge in [0.25, 0.3) is 11.7 Å². The van der Waals surface area contributed by atoms with Crippen LogP contribution in [0.25, 0.3) is 10.8 Å². The number of thiocarbonyl (C=S) groups is 1. The van der Waals surface area contributed by atoms with Gasteiger partial charge < -0.3 is 81.3 Å². The van der Waals surface area contributed by atoms with Crippen molar-refractivity contribution >= 4 is 57.5 Å². The Hall–Kier alpha value is -6.28. The molecule has 0 unspecified atom stereocenters. The van der Waals surface area contributed by atoms with Crippen molar-refractivity contribution in [3.05, 3.63) is 82.4 Å². The second kappa shape index (κ2) is 32.8. The van der Waals surface area contributed by atoms with E-state index in [2.05, 4.69) is 30.9 Å². The number of amides is 1. The first-order valence-corrected chi connectivity index (χ1v) is 29.1. The molecule has 0 saturated carbocycles. The first kappa shape index (κ1) is 70.2. The number of aliphatic hydroxyl groups excluding tert-OH is 4. The number of aliphatic hydroxyl groups is 4. The molecule has 0 radical (unpaired) electrons. The molecule has 1 aromatic heterocycles. The van der Waals surface area contributed by atoms with E-state index in [1.807, 2.05) is 40.0 Å². The fourth-order valence-corrected chi connectivity index (χ4v) is 10.1. The van der Waals surface area contributed by atoms with E-state index >= 15 is 0 Å². The van der Waals surface area contributed by atoms with Crippen LogP contribution in [-0.2, 0) is 30.2 Å². The number of nitrogens with two attached hydrogens (primary N) is 1. The molecule has 1 fully saturated rings. The number of phenolic OH excluding ortho intramolecular Hbond substituents is 3. The number of pyridine rings is 1. The smallest absolute Gasteiger partial charge is 0.312 e. The number of carbonyl (C=O) groups is 3. The van der Waals surface area contributed by atoms with Gasteiger partial charge in [0.2, 0.25) is 0 Å². The number of likely N-dealkylation sites (N-methyl/N-ethyl adjacent to an activating group) is 1. The highest BCUT2D eigenvalue weighted by atomic mass is 32.1. The Bertz CT molecular complexity index is 2820. The standard InChI is InChI=1S/C43H58N4O12.C10H24N2O2.C8H10N2S/c1-21-12-11-13-22(2)42(55)45-33-28(20-44-47-17-15-46(9)16-18-47)37(52)30-31(38(33)53)36(51)26(6)40-32(30)41(54)43(8,59-40)57-19-14-29(56-10)23(3)39(58-27(7)48)25(5)35(50)24(4)34(21)49;1-3-9(7-13)11-5-6-12-10(4-2)8-14;1-2-7-5-6(8(9)11)3-4-10-7/h11-14,19-21,23-25,29,34-35,39,49-53H,15-18H2,1-10H3,(H,45,55);9-14H,3-8H2,1-2H3;3-5H,2H2,1H3,(H2,9,11)/b12-11+,19-14+,22-13-,44-20-;;/t21-,23+,24+,25+,29-,34-,35+,39+,43-;9-,10-;/m00./s1. The van der Waals surface area contributed by atoms with Gasteiger partial charge in [0.15, 0.2) is 5.75 Å². The van der Waals surface area contributed by atoms with Crippen LogP contribution in [0.4, 0.5) is 5.69 Å². The van der Waals surface area contributed by atoms with E-state index in [0.29, 0.717) is 18.1 Å². The highest BCUT2D eigenvalue weighted by molar-refractivity contribution is 7.80. The number of allylic oxidation sites excluding steroid dienone is 2. The zero-order valence-electron chi connectivity index (χ0n) is 51.0. The number of aryl methyl sites for hydroxylation is 1. The summed E-state index contributed by atoms with van der Waals surface area (Å²) in [7, 11) is 3.42. The normalized spacial score (nSPS) is 26.3. The lowest BCUT2D eigenvalue weighted by molar-refractivity contribution is -0.160. The maximum absolute atomic E-state index is 14.4. The number of rotatable bonds is 15. The van der Waals surface area contributed by atoms with Crippen molar-refractivity contribution in [2.24, 2.45) is 34.5 Å². The van der Waals surface area contributed by atoms with Gasteiger partial charge in [-0.2, -0.15) is 5.10 Å². The van der Waals surface area contributed by atoms with Crippen molar-refractivity contribution < 1.29 is 69.1 Å². The Kier molecular flexibility index (Phi) is 27.5. The van der Waals surface area contributed by atoms with E-state index in [1.165, 1.54) is 59.4 Å². The number of hydrogen-bond acceptors (Lipinski definition) is 21. The van der Waals surface area contributed by atoms with E-state index in [1.54, 1.807) is 51.1 Å². The summed E-state index contributed by atoms with van der Waals surface area (Å²) in [4.78, 5) is 47.2. The maximum Gasteiger partial charge on any atom is 0.312 e. The number of carbonyl (C=O) groups excluding carboxylic acids is 3. The molecule has 5 heterocycles. The summed E-state index contributed by atoms with van der Waals surface area (Å²) in [5.74, 6) is -8.34. The molecule has 7 rings (SSSR count). The molecule has 466 valence electrons. The number of ether oxygens (including phenoxy) is 4. The minimum absolute atomic E-state index is 0.0559. The van der Waals surface area contributed by atoms with Crippen molar-refractivity contribution in [1.29, 1.82) is 0 Å². The largest absolute Gasteiger partial charge is 0.507 e. The molecule has 84 heavy (non-hydrogen) atoms. The Labute approximate surface area is 499 Å². The lowest BCUT2D eigenvalue weighted by Crippen LogP contribution is -2.46. The number of esters is 1. The maximum atomic E-state index is 14.4. The van der Waals surface area contributed by atoms with Crippen LogP contribution in [0, 0.1) is 30.6 Å². The van der Waals surface area contributed by atoms with Crippen molar-refractivity contribution in [2.75, 3.05) is 72.0 Å². The number of hydrogen-bond donors (Lipinski definition) is 11. The van der Waals surface area contributed by atoms with Gasteiger partial charge in [-0.1, -0.05) is 78.9 Å². The monoisotopic (exact) mass is 1190 g/mol. The average molecular weight is 1190 g/mol. The van der Waals surface area contributed by atoms with E-state index in [4.69, 9.17) is 47.1 Å². The molecule has 22 nitrogen and oxygen atoms in total. The molecular formula is C61H92N8O14S. The Morgan fingerprint density at radius 1 is 0.940 bits per heavy atom. The Morgan fingerprint density at radius 2 is 1.56 bits per heavy atom. The third-order valence-corrected chi connectivity index (χ3v) is 16.0. The van der Waals surface area contributed by atoms with E-state index < -0.39 is 88.8 Å². The molecule has 4 aliphatic rings. The van der Waals surface area contributed by atoms with Crippen LogP contribution in [-0.4, -0.2) is 188 Å². The topological polar surface area (TPSA) is 324 Å². The predicted octanol–water partition coefficient (Wildman–Crippen LogP) is 5.32. The number of anilines is 1. The first-order valence-electron chi connectivity index (χ1n) is 28.7. The fraction of sp³-hybridized carbons (Fsp3) is 0.574. The highest BCUT2D eigenvalue weighted by Crippen LogP contribution is 2.55. The molecule has 4 aliphatic heterocycles. The lowest BCUT2D eigenvalue weighted by Gasteiger charge is -2.38. The van der Waals surface area contributed by atoms with Gasteiger partial charge in [0, 0.05) is 130 Å². The van der Waals surface area contributed by atoms with E-state index in [9.17, 15) is 39.9 Å². The molecule has 1 amide bonds. The summed E-state index contributed by atoms with van der Waals surface area (Å²) < 4.78 is 23.6. The summed E-state index contributed by atoms with van der Waals surface area (Å²) in [6.07, 6.45) is 9.38. The molecule has 0 aliphatic carbocycles. The number of nitrogens with zero attached hydrogens (tertiary/aromatic N) is 4. The number of Topliss-reactive ketones (excluding diaryl/α,β-unsaturated/α-hetero) is 1. The van der Waals surface area contributed by atoms with Gasteiger partial charge >= 0.3 is 11.8 Å². The second-order valence-corrected chi connectivity index (χ2v) is 22.3. The number of aromatic nitrogens is 1. The van der Waals surface area contributed by atoms with Crippen LogP contribution in [0.1, 0.15) is 115 Å². The van der Waals surface area contributed by atoms with E-state index in [0.717, 1.165) is 56.7 Å². The van der Waals surface area contributed by atoms with Gasteiger partial charge in [-0.15, -0.1) is 0 Å². The number of piperazine rings is 1. The Balaban J connectivity index is 0.000000497. The zero-order chi connectivity index (χ0) is 62.7. The van der Waals surface area contributed by atoms with Gasteiger partial charge in [0.05, 0.1) is 66.2 Å². The molecule has 11 atom stereocenters. The number of ketones is 1. The van der Waals surface area contributed by atoms with Gasteiger partial charge in [-0.05, 0) is 58.4 Å². The van der Waals surface area contributed by atoms with Gasteiger partial charge in [-0.3, -0.25) is 24.4 Å². The van der Waals surface area contributed by atoms with Crippen LogP contribution in [0.3, 0.4) is 0 Å². The third-order valence-electron chi connectivity index (χ3n) is 15.7. The first-order chi connectivity index (χ1) is 39.7. The summed E-state index contributed by atoms with van der Waals surface area (Å²) in [6.45, 7) is 23.3. The number of fused-ring (bicyclic) bond motifs is 14. The van der Waals surface area contributed by atoms with Gasteiger partial charge in [-0.25, -0.2) is 0 Å². The quantitative estimate of drug-likeness (QED) is 0.0229. The van der Waals surface area contributed by atoms with Crippen LogP contribution in [0.15, 0.2) is 59.6 Å². The van der Waals surface area contributed by atoms with Crippen LogP contribution < -0.4 is 26.4 Å². The lowest BCUT2D eigenvalue weighted by atomic mass is 9.78. The van der Waals surface area contributed by atoms with E-state index in [-0.39, 0.29) is 69.8 Å². The molecule has 0 spiro atoms. The Morgan fingerprint density at radius 3 is 2.11 bits per heavy atom. The van der Waals surface area contributed by atoms with Crippen LogP contribution in [0.2, 0.25) is 0 Å². The summed E-state index contributed by atoms with van der Waals surface area (Å²) in [6, 6.07) is 4.14. The zero-order valence-corrected chi connectivity index (χ0v) is 51.8. The summed E-state index contributed by atoms with van der Waals surface area (Å²) >= 11 is 4.82. The minimum atomic E-state index is -2.04. The fourth-order valence-electron chi connectivity index (χ4n) is 9.98. The minimum Gasteiger partial charge on any atom is -0.507 e. The molecule has 12 N–H and O–H groups in total. The highest BCUT2D eigenvalue weighted by Gasteiger charge is 2.50. The van der Waals surface area contributed by atoms with Crippen molar-refractivity contribution in [3.8, 4) is 23.0 Å². The third kappa shape index (κ3) is 17.9. The number of hydrazone groups is 1. The molecule has 23 heteroatoms. The van der Waals surface area contributed by atoms with Crippen LogP contribution >= 0.6 is 12.2 Å². The van der Waals surface area contributed by atoms with Crippen LogP contribution in [0.5, 0.6) is 23.0 Å². The number of nitrogens with one attached hydrogen (secondary N) is 3.